The zero-order valence-corrected chi connectivity index (χ0v) is 9.20. The van der Waals surface area contributed by atoms with Gasteiger partial charge in [-0.3, -0.25) is 0 Å². The number of alkyl halides is 2. The number of hydrogen-bond acceptors (Lipinski definition) is 3. The first kappa shape index (κ1) is 11.7. The molecule has 1 aliphatic rings. The van der Waals surface area contributed by atoms with Gasteiger partial charge in [0.15, 0.2) is 0 Å². The van der Waals surface area contributed by atoms with E-state index in [1.54, 1.807) is 13.0 Å². The van der Waals surface area contributed by atoms with Crippen molar-refractivity contribution in [3.05, 3.63) is 28.8 Å². The SMILES string of the molecule is Cc1cc(C2(N=C=O)CC2)cc(C(F)F)c1O. The molecule has 0 amide bonds. The van der Waals surface area contributed by atoms with Gasteiger partial charge in [-0.15, -0.1) is 0 Å². The van der Waals surface area contributed by atoms with Crippen LogP contribution in [0.2, 0.25) is 0 Å². The summed E-state index contributed by atoms with van der Waals surface area (Å²) < 4.78 is 25.4. The maximum absolute atomic E-state index is 12.7. The Bertz CT molecular complexity index is 503. The Balaban J connectivity index is 2.54. The van der Waals surface area contributed by atoms with Crippen molar-refractivity contribution in [2.45, 2.75) is 31.7 Å². The normalized spacial score (nSPS) is 16.7. The third kappa shape index (κ3) is 1.94. The second-order valence-corrected chi connectivity index (χ2v) is 4.27. The minimum Gasteiger partial charge on any atom is -0.507 e. The van der Waals surface area contributed by atoms with E-state index >= 15 is 0 Å². The molecule has 0 aromatic heterocycles. The van der Waals surface area contributed by atoms with Gasteiger partial charge in [0.05, 0.1) is 11.1 Å². The van der Waals surface area contributed by atoms with Crippen LogP contribution >= 0.6 is 0 Å². The Morgan fingerprint density at radius 2 is 2.12 bits per heavy atom. The molecule has 1 aromatic rings. The Labute approximate surface area is 96.8 Å². The zero-order valence-electron chi connectivity index (χ0n) is 9.20. The zero-order chi connectivity index (χ0) is 12.6. The largest absolute Gasteiger partial charge is 0.507 e. The molecule has 1 aromatic carbocycles. The van der Waals surface area contributed by atoms with Crippen LogP contribution in [0.4, 0.5) is 8.78 Å². The number of isocyanates is 1. The molecule has 1 saturated carbocycles. The van der Waals surface area contributed by atoms with Gasteiger partial charge in [0.2, 0.25) is 6.08 Å². The van der Waals surface area contributed by atoms with Gasteiger partial charge in [-0.25, -0.2) is 13.6 Å². The lowest BCUT2D eigenvalue weighted by molar-refractivity contribution is 0.147. The molecule has 0 radical (unpaired) electrons. The lowest BCUT2D eigenvalue weighted by atomic mass is 9.98. The monoisotopic (exact) mass is 239 g/mol. The Kier molecular flexibility index (Phi) is 2.71. The van der Waals surface area contributed by atoms with Crippen LogP contribution in [0.25, 0.3) is 0 Å². The summed E-state index contributed by atoms with van der Waals surface area (Å²) in [6, 6.07) is 2.82. The summed E-state index contributed by atoms with van der Waals surface area (Å²) in [5.74, 6) is -0.394. The van der Waals surface area contributed by atoms with Crippen molar-refractivity contribution in [2.24, 2.45) is 4.99 Å². The molecule has 1 N–H and O–H groups in total. The average Bonchev–Trinajstić information content (AvgIpc) is 3.03. The number of aromatic hydroxyl groups is 1. The highest BCUT2D eigenvalue weighted by Gasteiger charge is 2.45. The van der Waals surface area contributed by atoms with Crippen LogP contribution in [0.5, 0.6) is 5.75 Å². The highest BCUT2D eigenvalue weighted by molar-refractivity contribution is 5.49. The van der Waals surface area contributed by atoms with Gasteiger partial charge in [0.1, 0.15) is 5.75 Å². The topological polar surface area (TPSA) is 49.7 Å². The van der Waals surface area contributed by atoms with E-state index in [0.717, 1.165) is 0 Å². The van der Waals surface area contributed by atoms with Crippen molar-refractivity contribution in [3.63, 3.8) is 0 Å². The third-order valence-electron chi connectivity index (χ3n) is 3.09. The maximum Gasteiger partial charge on any atom is 0.267 e. The molecule has 0 spiro atoms. The number of aliphatic imine (C=N–C) groups is 1. The predicted octanol–water partition coefficient (Wildman–Crippen LogP) is 2.96. The first-order valence-electron chi connectivity index (χ1n) is 5.21. The predicted molar refractivity (Wildman–Crippen MR) is 56.8 cm³/mol. The lowest BCUT2D eigenvalue weighted by Crippen LogP contribution is -2.04. The Morgan fingerprint density at radius 1 is 1.47 bits per heavy atom. The quantitative estimate of drug-likeness (QED) is 0.651. The molecule has 0 aliphatic heterocycles. The molecular formula is C12H11F2NO2. The van der Waals surface area contributed by atoms with Gasteiger partial charge in [-0.05, 0) is 43.0 Å². The molecule has 0 atom stereocenters. The van der Waals surface area contributed by atoms with E-state index in [4.69, 9.17) is 0 Å². The van der Waals surface area contributed by atoms with Crippen LogP contribution in [-0.2, 0) is 10.3 Å². The summed E-state index contributed by atoms with van der Waals surface area (Å²) in [4.78, 5) is 14.0. The minimum atomic E-state index is -2.75. The second kappa shape index (κ2) is 3.93. The van der Waals surface area contributed by atoms with Crippen LogP contribution < -0.4 is 0 Å². The molecule has 0 bridgehead atoms. The Hall–Kier alpha value is -1.74. The number of aryl methyl sites for hydroxylation is 1. The number of hydrogen-bond donors (Lipinski definition) is 1. The second-order valence-electron chi connectivity index (χ2n) is 4.27. The molecule has 3 nitrogen and oxygen atoms in total. The minimum absolute atomic E-state index is 0.366. The van der Waals surface area contributed by atoms with Crippen LogP contribution in [0.3, 0.4) is 0 Å². The van der Waals surface area contributed by atoms with Crippen LogP contribution in [-0.4, -0.2) is 11.2 Å². The van der Waals surface area contributed by atoms with Crippen molar-refractivity contribution in [1.29, 1.82) is 0 Å². The summed E-state index contributed by atoms with van der Waals surface area (Å²) >= 11 is 0. The number of nitrogens with zero attached hydrogens (tertiary/aromatic N) is 1. The van der Waals surface area contributed by atoms with Crippen LogP contribution in [0.15, 0.2) is 17.1 Å². The number of benzene rings is 1. The summed E-state index contributed by atoms with van der Waals surface area (Å²) in [6.45, 7) is 1.55. The molecule has 5 heteroatoms. The standard InChI is InChI=1S/C12H11F2NO2/c1-7-4-8(12(2-3-12)15-6-16)5-9(10(7)17)11(13)14/h4-5,11,17H,2-3H2,1H3. The van der Waals surface area contributed by atoms with E-state index in [0.29, 0.717) is 24.0 Å². The van der Waals surface area contributed by atoms with E-state index < -0.39 is 23.3 Å². The highest BCUT2D eigenvalue weighted by atomic mass is 19.3. The smallest absolute Gasteiger partial charge is 0.267 e. The molecule has 2 rings (SSSR count). The van der Waals surface area contributed by atoms with Gasteiger partial charge < -0.3 is 5.11 Å². The van der Waals surface area contributed by atoms with Crippen LogP contribution in [0.1, 0.15) is 36.0 Å². The number of phenolic OH excluding ortho intramolecular Hbond substituents is 1. The molecule has 17 heavy (non-hydrogen) atoms. The molecule has 0 saturated heterocycles. The summed E-state index contributed by atoms with van der Waals surface area (Å²) in [7, 11) is 0. The molecule has 0 heterocycles. The van der Waals surface area contributed by atoms with E-state index in [1.807, 2.05) is 0 Å². The van der Waals surface area contributed by atoms with Gasteiger partial charge in [-0.2, -0.15) is 4.99 Å². The fourth-order valence-corrected chi connectivity index (χ4v) is 1.91. The number of halogens is 2. The fraction of sp³-hybridized carbons (Fsp3) is 0.417. The molecule has 90 valence electrons. The molecule has 1 aliphatic carbocycles. The van der Waals surface area contributed by atoms with Gasteiger partial charge >= 0.3 is 0 Å². The number of carbonyl (C=O) groups excluding carboxylic acids is 1. The van der Waals surface area contributed by atoms with Crippen molar-refractivity contribution in [2.75, 3.05) is 0 Å². The van der Waals surface area contributed by atoms with Crippen molar-refractivity contribution >= 4 is 6.08 Å². The third-order valence-corrected chi connectivity index (χ3v) is 3.09. The maximum atomic E-state index is 12.7. The van der Waals surface area contributed by atoms with Crippen LogP contribution in [0, 0.1) is 6.92 Å². The average molecular weight is 239 g/mol. The summed E-state index contributed by atoms with van der Waals surface area (Å²) in [5, 5.41) is 9.52. The van der Waals surface area contributed by atoms with E-state index in [9.17, 15) is 18.7 Å². The molecule has 1 fully saturated rings. The highest BCUT2D eigenvalue weighted by Crippen LogP contribution is 2.51. The van der Waals surface area contributed by atoms with Gasteiger partial charge in [0.25, 0.3) is 6.43 Å². The van der Waals surface area contributed by atoms with Crippen molar-refractivity contribution < 1.29 is 18.7 Å². The first-order valence-corrected chi connectivity index (χ1v) is 5.21. The molecular weight excluding hydrogens is 228 g/mol. The van der Waals surface area contributed by atoms with E-state index in [2.05, 4.69) is 4.99 Å². The van der Waals surface area contributed by atoms with Gasteiger partial charge in [0, 0.05) is 0 Å². The van der Waals surface area contributed by atoms with E-state index in [1.165, 1.54) is 12.1 Å². The van der Waals surface area contributed by atoms with Crippen molar-refractivity contribution in [3.8, 4) is 5.75 Å². The summed E-state index contributed by atoms with van der Waals surface area (Å²) in [6.07, 6.45) is 0.0269. The van der Waals surface area contributed by atoms with Gasteiger partial charge in [-0.1, -0.05) is 0 Å². The lowest BCUT2D eigenvalue weighted by Gasteiger charge is -2.13. The Morgan fingerprint density at radius 3 is 2.59 bits per heavy atom. The number of rotatable bonds is 3. The number of phenols is 1. The van der Waals surface area contributed by atoms with Crippen molar-refractivity contribution in [1.82, 2.24) is 0 Å². The van der Waals surface area contributed by atoms with E-state index in [-0.39, 0.29) is 0 Å². The first-order chi connectivity index (χ1) is 8.00. The fourth-order valence-electron chi connectivity index (χ4n) is 1.91. The summed E-state index contributed by atoms with van der Waals surface area (Å²) in [5.41, 5.74) is -0.187. The molecule has 0 unspecified atom stereocenters.